The minimum absolute atomic E-state index is 0.271. The van der Waals surface area contributed by atoms with E-state index in [1.54, 1.807) is 0 Å². The van der Waals surface area contributed by atoms with Crippen molar-refractivity contribution < 1.29 is 29.6 Å². The highest BCUT2D eigenvalue weighted by Crippen LogP contribution is 2.25. The lowest BCUT2D eigenvalue weighted by molar-refractivity contribution is -0.144. The third-order valence-corrected chi connectivity index (χ3v) is 2.13. The van der Waals surface area contributed by atoms with E-state index in [0.29, 0.717) is 5.56 Å². The molecule has 0 spiro atoms. The van der Waals surface area contributed by atoms with Crippen molar-refractivity contribution in [2.45, 2.75) is 6.04 Å². The summed E-state index contributed by atoms with van der Waals surface area (Å²) in [5.41, 5.74) is 5.61. The molecule has 0 aliphatic rings. The van der Waals surface area contributed by atoms with Gasteiger partial charge >= 0.3 is 11.9 Å². The molecular formula is C12H13NO6. The summed E-state index contributed by atoms with van der Waals surface area (Å²) in [7, 11) is 0. The summed E-state index contributed by atoms with van der Waals surface area (Å²) in [4.78, 5) is 21.6. The van der Waals surface area contributed by atoms with E-state index in [9.17, 15) is 14.7 Å². The van der Waals surface area contributed by atoms with E-state index >= 15 is 0 Å². The van der Waals surface area contributed by atoms with E-state index in [2.05, 4.69) is 4.74 Å². The molecule has 0 radical (unpaired) electrons. The van der Waals surface area contributed by atoms with Crippen LogP contribution in [-0.2, 0) is 14.3 Å². The summed E-state index contributed by atoms with van der Waals surface area (Å²) in [5.74, 6) is -2.61. The number of hydrogen-bond acceptors (Lipinski definition) is 6. The second kappa shape index (κ2) is 6.41. The number of hydrogen-bond donors (Lipinski definition) is 4. The molecule has 1 rings (SSSR count). The van der Waals surface area contributed by atoms with Crippen molar-refractivity contribution in [3.8, 4) is 11.5 Å². The Balaban J connectivity index is 2.54. The first-order valence-corrected chi connectivity index (χ1v) is 5.25. The van der Waals surface area contributed by atoms with Crippen LogP contribution in [0.25, 0.3) is 6.08 Å². The van der Waals surface area contributed by atoms with Crippen molar-refractivity contribution in [3.05, 3.63) is 29.8 Å². The molecule has 19 heavy (non-hydrogen) atoms. The molecule has 5 N–H and O–H groups in total. The monoisotopic (exact) mass is 267 g/mol. The zero-order valence-corrected chi connectivity index (χ0v) is 9.81. The van der Waals surface area contributed by atoms with Crippen LogP contribution in [0.4, 0.5) is 0 Å². The van der Waals surface area contributed by atoms with Gasteiger partial charge in [-0.3, -0.25) is 4.79 Å². The first kappa shape index (κ1) is 14.5. The molecule has 0 fully saturated rings. The van der Waals surface area contributed by atoms with E-state index in [0.717, 1.165) is 6.08 Å². The number of carboxylic acids is 1. The number of carboxylic acid groups (broad SMARTS) is 1. The number of rotatable bonds is 5. The van der Waals surface area contributed by atoms with Crippen LogP contribution in [0.3, 0.4) is 0 Å². The molecule has 7 heteroatoms. The first-order valence-electron chi connectivity index (χ1n) is 5.25. The van der Waals surface area contributed by atoms with Gasteiger partial charge in [-0.15, -0.1) is 0 Å². The van der Waals surface area contributed by atoms with Gasteiger partial charge in [0.1, 0.15) is 12.6 Å². The predicted octanol–water partition coefficient (Wildman–Crippen LogP) is 0.0661. The molecule has 7 nitrogen and oxygen atoms in total. The molecule has 1 aromatic carbocycles. The Bertz CT molecular complexity index is 511. The van der Waals surface area contributed by atoms with Crippen molar-refractivity contribution in [1.29, 1.82) is 0 Å². The molecule has 0 saturated carbocycles. The molecule has 0 heterocycles. The molecule has 102 valence electrons. The van der Waals surface area contributed by atoms with Crippen LogP contribution in [-0.4, -0.2) is 39.9 Å². The summed E-state index contributed by atoms with van der Waals surface area (Å²) in [6.07, 6.45) is 2.40. The fourth-order valence-corrected chi connectivity index (χ4v) is 1.10. The van der Waals surface area contributed by atoms with Crippen molar-refractivity contribution in [2.24, 2.45) is 5.73 Å². The second-order valence-electron chi connectivity index (χ2n) is 3.66. The SMILES string of the molecule is N[C@@H](COC(=O)/C=C/c1ccc(O)c(O)c1)C(=O)O. The Kier molecular flexibility index (Phi) is 4.90. The Hall–Kier alpha value is -2.54. The molecule has 0 aromatic heterocycles. The Labute approximate surface area is 108 Å². The molecule has 0 amide bonds. The van der Waals surface area contributed by atoms with E-state index in [4.69, 9.17) is 15.9 Å². The molecular weight excluding hydrogens is 254 g/mol. The maximum Gasteiger partial charge on any atom is 0.330 e. The van der Waals surface area contributed by atoms with Gasteiger partial charge in [0, 0.05) is 6.08 Å². The van der Waals surface area contributed by atoms with Crippen LogP contribution >= 0.6 is 0 Å². The maximum absolute atomic E-state index is 11.2. The van der Waals surface area contributed by atoms with Gasteiger partial charge in [-0.05, 0) is 23.8 Å². The van der Waals surface area contributed by atoms with Crippen molar-refractivity contribution >= 4 is 18.0 Å². The van der Waals surface area contributed by atoms with Gasteiger partial charge in [-0.1, -0.05) is 6.07 Å². The Morgan fingerprint density at radius 3 is 2.58 bits per heavy atom. The summed E-state index contributed by atoms with van der Waals surface area (Å²) in [5, 5.41) is 26.8. The average Bonchev–Trinajstić information content (AvgIpc) is 2.37. The highest BCUT2D eigenvalue weighted by Gasteiger charge is 2.12. The summed E-state index contributed by atoms with van der Waals surface area (Å²) in [6, 6.07) is 2.72. The minimum atomic E-state index is -1.27. The zero-order valence-electron chi connectivity index (χ0n) is 9.81. The lowest BCUT2D eigenvalue weighted by Gasteiger charge is -2.05. The molecule has 1 atom stereocenters. The van der Waals surface area contributed by atoms with E-state index in [1.165, 1.54) is 24.3 Å². The molecule has 0 aliphatic carbocycles. The summed E-state index contributed by atoms with van der Waals surface area (Å²) >= 11 is 0. The molecule has 1 aromatic rings. The highest BCUT2D eigenvalue weighted by atomic mass is 16.5. The quantitative estimate of drug-likeness (QED) is 0.337. The molecule has 0 saturated heterocycles. The van der Waals surface area contributed by atoms with Crippen LogP contribution in [0.2, 0.25) is 0 Å². The number of ether oxygens (including phenoxy) is 1. The number of benzene rings is 1. The van der Waals surface area contributed by atoms with Gasteiger partial charge in [0.05, 0.1) is 0 Å². The number of aliphatic carboxylic acids is 1. The topological polar surface area (TPSA) is 130 Å². The van der Waals surface area contributed by atoms with Crippen LogP contribution in [0, 0.1) is 0 Å². The normalized spacial score (nSPS) is 12.3. The molecule has 0 unspecified atom stereocenters. The lowest BCUT2D eigenvalue weighted by atomic mass is 10.2. The standard InChI is InChI=1S/C12H13NO6/c13-8(12(17)18)6-19-11(16)4-2-7-1-3-9(14)10(15)5-7/h1-5,8,14-15H,6,13H2,(H,17,18)/b4-2+/t8-/m0/s1. The minimum Gasteiger partial charge on any atom is -0.504 e. The van der Waals surface area contributed by atoms with Crippen LogP contribution in [0.1, 0.15) is 5.56 Å². The second-order valence-corrected chi connectivity index (χ2v) is 3.66. The summed E-state index contributed by atoms with van der Waals surface area (Å²) in [6.45, 7) is -0.431. The van der Waals surface area contributed by atoms with Gasteiger partial charge in [0.25, 0.3) is 0 Å². The van der Waals surface area contributed by atoms with Crippen molar-refractivity contribution in [3.63, 3.8) is 0 Å². The largest absolute Gasteiger partial charge is 0.504 e. The van der Waals surface area contributed by atoms with Gasteiger partial charge < -0.3 is 25.8 Å². The zero-order chi connectivity index (χ0) is 14.4. The Morgan fingerprint density at radius 1 is 1.32 bits per heavy atom. The summed E-state index contributed by atoms with van der Waals surface area (Å²) < 4.78 is 4.60. The third kappa shape index (κ3) is 4.68. The van der Waals surface area contributed by atoms with Crippen LogP contribution in [0.15, 0.2) is 24.3 Å². The number of esters is 1. The first-order chi connectivity index (χ1) is 8.90. The highest BCUT2D eigenvalue weighted by molar-refractivity contribution is 5.87. The molecule has 0 bridgehead atoms. The number of nitrogens with two attached hydrogens (primary N) is 1. The van der Waals surface area contributed by atoms with Crippen LogP contribution < -0.4 is 5.73 Å². The fraction of sp³-hybridized carbons (Fsp3) is 0.167. The number of phenolic OH excluding ortho intramolecular Hbond substituents is 2. The number of carbonyl (C=O) groups excluding carboxylic acids is 1. The van der Waals surface area contributed by atoms with E-state index in [1.807, 2.05) is 0 Å². The van der Waals surface area contributed by atoms with Crippen LogP contribution in [0.5, 0.6) is 11.5 Å². The predicted molar refractivity (Wildman–Crippen MR) is 65.4 cm³/mol. The smallest absolute Gasteiger partial charge is 0.330 e. The van der Waals surface area contributed by atoms with Gasteiger partial charge in [-0.2, -0.15) is 0 Å². The fourth-order valence-electron chi connectivity index (χ4n) is 1.10. The Morgan fingerprint density at radius 2 is 2.00 bits per heavy atom. The molecule has 0 aliphatic heterocycles. The number of aromatic hydroxyl groups is 2. The van der Waals surface area contributed by atoms with E-state index < -0.39 is 24.6 Å². The maximum atomic E-state index is 11.2. The van der Waals surface area contributed by atoms with Crippen molar-refractivity contribution in [1.82, 2.24) is 0 Å². The van der Waals surface area contributed by atoms with Gasteiger partial charge in [0.2, 0.25) is 0 Å². The lowest BCUT2D eigenvalue weighted by Crippen LogP contribution is -2.35. The van der Waals surface area contributed by atoms with Gasteiger partial charge in [-0.25, -0.2) is 4.79 Å². The number of carbonyl (C=O) groups is 2. The van der Waals surface area contributed by atoms with Gasteiger partial charge in [0.15, 0.2) is 11.5 Å². The number of phenols is 2. The van der Waals surface area contributed by atoms with E-state index in [-0.39, 0.29) is 11.5 Å². The average molecular weight is 267 g/mol. The third-order valence-electron chi connectivity index (χ3n) is 2.13. The van der Waals surface area contributed by atoms with Crippen molar-refractivity contribution in [2.75, 3.05) is 6.61 Å².